The summed E-state index contributed by atoms with van der Waals surface area (Å²) in [6.45, 7) is 7.07. The van der Waals surface area contributed by atoms with Crippen molar-refractivity contribution in [3.05, 3.63) is 88.7 Å². The van der Waals surface area contributed by atoms with E-state index >= 15 is 0 Å². The van der Waals surface area contributed by atoms with Gasteiger partial charge < -0.3 is 9.88 Å². The second-order valence-corrected chi connectivity index (χ2v) is 7.08. The van der Waals surface area contributed by atoms with E-state index in [4.69, 9.17) is 12.2 Å². The summed E-state index contributed by atoms with van der Waals surface area (Å²) in [4.78, 5) is 0. The largest absolute Gasteiger partial charge is 0.342 e. The lowest BCUT2D eigenvalue weighted by molar-refractivity contribution is 0.798. The van der Waals surface area contributed by atoms with Crippen LogP contribution in [-0.4, -0.2) is 15.9 Å². The average Bonchev–Trinajstić information content (AvgIpc) is 3.07. The SMILES string of the molecule is Cc1ccc(Cn2cccc2/C=N\NC(=S)Nc2ccc(C)c(C)c2)cc1. The van der Waals surface area contributed by atoms with Crippen molar-refractivity contribution in [3.63, 3.8) is 0 Å². The molecule has 0 spiro atoms. The van der Waals surface area contributed by atoms with Gasteiger partial charge in [-0.2, -0.15) is 5.10 Å². The zero-order chi connectivity index (χ0) is 19.2. The van der Waals surface area contributed by atoms with Gasteiger partial charge in [-0.05, 0) is 73.9 Å². The number of rotatable bonds is 5. The van der Waals surface area contributed by atoms with Crippen LogP contribution in [0.25, 0.3) is 0 Å². The molecule has 0 bridgehead atoms. The van der Waals surface area contributed by atoms with Gasteiger partial charge in [-0.25, -0.2) is 0 Å². The molecular formula is C22H24N4S. The van der Waals surface area contributed by atoms with Gasteiger partial charge in [0.05, 0.1) is 11.9 Å². The normalized spacial score (nSPS) is 10.9. The highest BCUT2D eigenvalue weighted by molar-refractivity contribution is 7.80. The first-order chi connectivity index (χ1) is 13.0. The van der Waals surface area contributed by atoms with Crippen LogP contribution >= 0.6 is 12.2 Å². The second-order valence-electron chi connectivity index (χ2n) is 6.67. The zero-order valence-electron chi connectivity index (χ0n) is 15.9. The maximum Gasteiger partial charge on any atom is 0.191 e. The van der Waals surface area contributed by atoms with E-state index in [2.05, 4.69) is 77.6 Å². The maximum absolute atomic E-state index is 5.31. The number of hydrogen-bond donors (Lipinski definition) is 2. The third-order valence-electron chi connectivity index (χ3n) is 4.47. The van der Waals surface area contributed by atoms with Crippen molar-refractivity contribution >= 4 is 29.2 Å². The molecule has 1 heterocycles. The van der Waals surface area contributed by atoms with Crippen LogP contribution in [0.4, 0.5) is 5.69 Å². The zero-order valence-corrected chi connectivity index (χ0v) is 16.7. The molecule has 0 aliphatic carbocycles. The first-order valence-corrected chi connectivity index (χ1v) is 9.30. The summed E-state index contributed by atoms with van der Waals surface area (Å²) in [5.41, 5.74) is 9.84. The standard InChI is InChI=1S/C22H24N4S/c1-16-6-9-19(10-7-16)15-26-12-4-5-21(26)14-23-25-22(27)24-20-11-8-17(2)18(3)13-20/h4-14H,15H2,1-3H3,(H2,24,25,27)/b23-14-. The minimum Gasteiger partial charge on any atom is -0.342 e. The first kappa shape index (κ1) is 18.9. The van der Waals surface area contributed by atoms with E-state index in [0.29, 0.717) is 5.11 Å². The second kappa shape index (κ2) is 8.64. The smallest absolute Gasteiger partial charge is 0.191 e. The maximum atomic E-state index is 5.31. The summed E-state index contributed by atoms with van der Waals surface area (Å²) in [6.07, 6.45) is 3.83. The van der Waals surface area contributed by atoms with E-state index in [1.165, 1.54) is 22.3 Å². The Kier molecular flexibility index (Phi) is 6.04. The molecule has 0 unspecified atom stereocenters. The number of anilines is 1. The predicted molar refractivity (Wildman–Crippen MR) is 118 cm³/mol. The lowest BCUT2D eigenvalue weighted by Crippen LogP contribution is -2.24. The molecule has 3 rings (SSSR count). The highest BCUT2D eigenvalue weighted by Gasteiger charge is 2.01. The summed E-state index contributed by atoms with van der Waals surface area (Å²) in [5.74, 6) is 0. The minimum absolute atomic E-state index is 0.464. The fraction of sp³-hybridized carbons (Fsp3) is 0.182. The molecule has 0 amide bonds. The van der Waals surface area contributed by atoms with Gasteiger partial charge in [-0.15, -0.1) is 0 Å². The molecular weight excluding hydrogens is 352 g/mol. The Bertz CT molecular complexity index is 955. The summed E-state index contributed by atoms with van der Waals surface area (Å²) >= 11 is 5.31. The molecule has 0 aliphatic rings. The van der Waals surface area contributed by atoms with Gasteiger partial charge >= 0.3 is 0 Å². The molecule has 4 nitrogen and oxygen atoms in total. The van der Waals surface area contributed by atoms with Crippen molar-refractivity contribution in [1.29, 1.82) is 0 Å². The van der Waals surface area contributed by atoms with Gasteiger partial charge in [0.25, 0.3) is 0 Å². The number of thiocarbonyl (C=S) groups is 1. The fourth-order valence-corrected chi connectivity index (χ4v) is 2.88. The molecule has 0 radical (unpaired) electrons. The van der Waals surface area contributed by atoms with E-state index in [-0.39, 0.29) is 0 Å². The van der Waals surface area contributed by atoms with Crippen LogP contribution in [0.15, 0.2) is 65.9 Å². The number of aromatic nitrogens is 1. The highest BCUT2D eigenvalue weighted by atomic mass is 32.1. The van der Waals surface area contributed by atoms with Gasteiger partial charge in [0.15, 0.2) is 5.11 Å². The molecule has 2 aromatic carbocycles. The summed E-state index contributed by atoms with van der Waals surface area (Å²) in [7, 11) is 0. The van der Waals surface area contributed by atoms with Gasteiger partial charge in [-0.1, -0.05) is 35.9 Å². The molecule has 0 aliphatic heterocycles. The van der Waals surface area contributed by atoms with Crippen molar-refractivity contribution in [2.24, 2.45) is 5.10 Å². The molecule has 5 heteroatoms. The Morgan fingerprint density at radius 3 is 2.56 bits per heavy atom. The van der Waals surface area contributed by atoms with Crippen LogP contribution in [0.3, 0.4) is 0 Å². The summed E-state index contributed by atoms with van der Waals surface area (Å²) in [6, 6.07) is 18.7. The first-order valence-electron chi connectivity index (χ1n) is 8.89. The van der Waals surface area contributed by atoms with Crippen LogP contribution in [0.2, 0.25) is 0 Å². The van der Waals surface area contributed by atoms with E-state index in [1.807, 2.05) is 24.4 Å². The Balaban J connectivity index is 1.58. The van der Waals surface area contributed by atoms with Crippen LogP contribution in [0.5, 0.6) is 0 Å². The number of nitrogens with zero attached hydrogens (tertiary/aromatic N) is 2. The van der Waals surface area contributed by atoms with Crippen molar-refractivity contribution in [2.45, 2.75) is 27.3 Å². The third-order valence-corrected chi connectivity index (χ3v) is 4.66. The molecule has 0 saturated carbocycles. The molecule has 0 fully saturated rings. The molecule has 2 N–H and O–H groups in total. The van der Waals surface area contributed by atoms with E-state index in [1.54, 1.807) is 6.21 Å². The third kappa shape index (κ3) is 5.28. The van der Waals surface area contributed by atoms with E-state index < -0.39 is 0 Å². The Morgan fingerprint density at radius 2 is 1.81 bits per heavy atom. The Hall–Kier alpha value is -2.92. The van der Waals surface area contributed by atoms with Crippen LogP contribution < -0.4 is 10.7 Å². The highest BCUT2D eigenvalue weighted by Crippen LogP contribution is 2.14. The molecule has 0 atom stereocenters. The Labute approximate surface area is 165 Å². The number of benzene rings is 2. The van der Waals surface area contributed by atoms with Gasteiger partial charge in [-0.3, -0.25) is 5.43 Å². The molecule has 138 valence electrons. The van der Waals surface area contributed by atoms with Crippen molar-refractivity contribution in [3.8, 4) is 0 Å². The van der Waals surface area contributed by atoms with Crippen molar-refractivity contribution < 1.29 is 0 Å². The topological polar surface area (TPSA) is 41.4 Å². The predicted octanol–water partition coefficient (Wildman–Crippen LogP) is 4.78. The van der Waals surface area contributed by atoms with Gasteiger partial charge in [0, 0.05) is 18.4 Å². The lowest BCUT2D eigenvalue weighted by atomic mass is 10.1. The van der Waals surface area contributed by atoms with Gasteiger partial charge in [0.1, 0.15) is 0 Å². The van der Waals surface area contributed by atoms with Crippen molar-refractivity contribution in [2.75, 3.05) is 5.32 Å². The number of aryl methyl sites for hydroxylation is 3. The monoisotopic (exact) mass is 376 g/mol. The fourth-order valence-electron chi connectivity index (χ4n) is 2.71. The number of nitrogens with one attached hydrogen (secondary N) is 2. The molecule has 3 aromatic rings. The van der Waals surface area contributed by atoms with Crippen LogP contribution in [0, 0.1) is 20.8 Å². The van der Waals surface area contributed by atoms with E-state index in [0.717, 1.165) is 17.9 Å². The quantitative estimate of drug-likeness (QED) is 0.382. The summed E-state index contributed by atoms with van der Waals surface area (Å²) < 4.78 is 2.15. The van der Waals surface area contributed by atoms with Crippen LogP contribution in [0.1, 0.15) is 27.9 Å². The van der Waals surface area contributed by atoms with Crippen LogP contribution in [-0.2, 0) is 6.54 Å². The Morgan fingerprint density at radius 1 is 1.04 bits per heavy atom. The lowest BCUT2D eigenvalue weighted by Gasteiger charge is -2.09. The van der Waals surface area contributed by atoms with Gasteiger partial charge in [0.2, 0.25) is 0 Å². The average molecular weight is 377 g/mol. The summed E-state index contributed by atoms with van der Waals surface area (Å²) in [5, 5.41) is 7.88. The molecule has 27 heavy (non-hydrogen) atoms. The number of hydrogen-bond acceptors (Lipinski definition) is 2. The molecule has 1 aromatic heterocycles. The molecule has 0 saturated heterocycles. The van der Waals surface area contributed by atoms with Crippen molar-refractivity contribution in [1.82, 2.24) is 9.99 Å². The minimum atomic E-state index is 0.464. The van der Waals surface area contributed by atoms with E-state index in [9.17, 15) is 0 Å². The number of hydrazone groups is 1.